The monoisotopic (exact) mass is 186 g/mol. The molecule has 0 saturated carbocycles. The number of carboxylic acids is 1. The second kappa shape index (κ2) is 6.01. The highest BCUT2D eigenvalue weighted by atomic mass is 16.4. The summed E-state index contributed by atoms with van der Waals surface area (Å²) in [6.45, 7) is 8.33. The van der Waals surface area contributed by atoms with Gasteiger partial charge in [-0.3, -0.25) is 4.79 Å². The normalized spacial score (nSPS) is 17.8. The van der Waals surface area contributed by atoms with Crippen molar-refractivity contribution in [2.45, 2.75) is 47.0 Å². The average Bonchev–Trinajstić information content (AvgIpc) is 2.03. The maximum absolute atomic E-state index is 10.6. The van der Waals surface area contributed by atoms with Gasteiger partial charge >= 0.3 is 5.97 Å². The molecule has 0 aliphatic rings. The van der Waals surface area contributed by atoms with E-state index >= 15 is 0 Å². The van der Waals surface area contributed by atoms with Crippen LogP contribution in [0.25, 0.3) is 0 Å². The van der Waals surface area contributed by atoms with E-state index in [1.807, 2.05) is 0 Å². The maximum Gasteiger partial charge on any atom is 0.306 e. The molecule has 0 spiro atoms. The highest BCUT2D eigenvalue weighted by Crippen LogP contribution is 2.21. The second-order valence-corrected chi connectivity index (χ2v) is 4.33. The van der Waals surface area contributed by atoms with E-state index in [9.17, 15) is 4.79 Å². The molecule has 0 heterocycles. The van der Waals surface area contributed by atoms with Crippen LogP contribution in [0, 0.1) is 17.8 Å². The third-order valence-corrected chi connectivity index (χ3v) is 2.68. The Morgan fingerprint density at radius 3 is 2.08 bits per heavy atom. The molecule has 0 radical (unpaired) electrons. The molecule has 0 bridgehead atoms. The van der Waals surface area contributed by atoms with E-state index in [0.717, 1.165) is 18.8 Å². The van der Waals surface area contributed by atoms with Crippen LogP contribution in [0.5, 0.6) is 0 Å². The first-order valence-electron chi connectivity index (χ1n) is 5.20. The maximum atomic E-state index is 10.6. The fourth-order valence-electron chi connectivity index (χ4n) is 1.65. The number of rotatable bonds is 6. The van der Waals surface area contributed by atoms with Crippen molar-refractivity contribution >= 4 is 5.97 Å². The van der Waals surface area contributed by atoms with Gasteiger partial charge in [-0.05, 0) is 24.7 Å². The summed E-state index contributed by atoms with van der Waals surface area (Å²) in [5.74, 6) is 0.382. The minimum Gasteiger partial charge on any atom is -0.481 e. The highest BCUT2D eigenvalue weighted by Gasteiger charge is 2.16. The van der Waals surface area contributed by atoms with E-state index in [4.69, 9.17) is 5.11 Å². The Morgan fingerprint density at radius 1 is 1.15 bits per heavy atom. The van der Waals surface area contributed by atoms with E-state index in [-0.39, 0.29) is 5.92 Å². The topological polar surface area (TPSA) is 37.3 Å². The first-order valence-corrected chi connectivity index (χ1v) is 5.20. The van der Waals surface area contributed by atoms with E-state index in [0.29, 0.717) is 5.92 Å². The predicted molar refractivity (Wildman–Crippen MR) is 54.7 cm³/mol. The summed E-state index contributed by atoms with van der Waals surface area (Å²) in [6.07, 6.45) is 3.14. The summed E-state index contributed by atoms with van der Waals surface area (Å²) in [4.78, 5) is 10.6. The van der Waals surface area contributed by atoms with Gasteiger partial charge in [-0.15, -0.1) is 0 Å². The largest absolute Gasteiger partial charge is 0.481 e. The molecule has 3 atom stereocenters. The van der Waals surface area contributed by atoms with Crippen LogP contribution >= 0.6 is 0 Å². The van der Waals surface area contributed by atoms with Gasteiger partial charge in [0.05, 0.1) is 5.92 Å². The van der Waals surface area contributed by atoms with Gasteiger partial charge in [0.15, 0.2) is 0 Å². The molecule has 0 aliphatic carbocycles. The molecule has 2 heteroatoms. The molecule has 2 nitrogen and oxygen atoms in total. The van der Waals surface area contributed by atoms with Crippen LogP contribution in [-0.2, 0) is 4.79 Å². The summed E-state index contributed by atoms with van der Waals surface area (Å²) in [6, 6.07) is 0. The van der Waals surface area contributed by atoms with Crippen LogP contribution in [-0.4, -0.2) is 11.1 Å². The van der Waals surface area contributed by atoms with Gasteiger partial charge in [0.25, 0.3) is 0 Å². The zero-order valence-electron chi connectivity index (χ0n) is 9.21. The fourth-order valence-corrected chi connectivity index (χ4v) is 1.65. The molecule has 0 aromatic rings. The Hall–Kier alpha value is -0.530. The van der Waals surface area contributed by atoms with Crippen molar-refractivity contribution in [1.29, 1.82) is 0 Å². The molecular formula is C11H22O2. The highest BCUT2D eigenvalue weighted by molar-refractivity contribution is 5.69. The van der Waals surface area contributed by atoms with Crippen molar-refractivity contribution < 1.29 is 9.90 Å². The molecule has 0 saturated heterocycles. The summed E-state index contributed by atoms with van der Waals surface area (Å²) in [5, 5.41) is 8.72. The molecule has 0 unspecified atom stereocenters. The van der Waals surface area contributed by atoms with Gasteiger partial charge in [0.2, 0.25) is 0 Å². The molecule has 0 rings (SSSR count). The summed E-state index contributed by atoms with van der Waals surface area (Å²) in [7, 11) is 0. The minimum atomic E-state index is -0.670. The first-order chi connectivity index (χ1) is 5.97. The lowest BCUT2D eigenvalue weighted by Crippen LogP contribution is -2.14. The Morgan fingerprint density at radius 2 is 1.69 bits per heavy atom. The smallest absolute Gasteiger partial charge is 0.306 e. The first kappa shape index (κ1) is 12.5. The molecule has 1 N–H and O–H groups in total. The quantitative estimate of drug-likeness (QED) is 0.691. The standard InChI is InChI=1S/C11H22O2/c1-5-8(2)6-9(3)7-10(4)11(12)13/h8-10H,5-7H2,1-4H3,(H,12,13)/t8-,9+,10+/m1/s1. The molecule has 0 aromatic heterocycles. The molecule has 13 heavy (non-hydrogen) atoms. The van der Waals surface area contributed by atoms with E-state index in [2.05, 4.69) is 20.8 Å². The molecule has 0 aliphatic heterocycles. The number of hydrogen-bond donors (Lipinski definition) is 1. The van der Waals surface area contributed by atoms with Gasteiger partial charge in [-0.1, -0.05) is 34.1 Å². The van der Waals surface area contributed by atoms with E-state index in [1.54, 1.807) is 6.92 Å². The van der Waals surface area contributed by atoms with Crippen molar-refractivity contribution in [1.82, 2.24) is 0 Å². The molecule has 0 amide bonds. The number of hydrogen-bond acceptors (Lipinski definition) is 1. The predicted octanol–water partition coefficient (Wildman–Crippen LogP) is 3.17. The Kier molecular flexibility index (Phi) is 5.76. The van der Waals surface area contributed by atoms with Gasteiger partial charge in [0, 0.05) is 0 Å². The number of carbonyl (C=O) groups is 1. The van der Waals surface area contributed by atoms with Gasteiger partial charge in [-0.25, -0.2) is 0 Å². The van der Waals surface area contributed by atoms with Crippen molar-refractivity contribution in [3.05, 3.63) is 0 Å². The van der Waals surface area contributed by atoms with Crippen molar-refractivity contribution in [3.63, 3.8) is 0 Å². The fraction of sp³-hybridized carbons (Fsp3) is 0.909. The van der Waals surface area contributed by atoms with Crippen LogP contribution in [0.2, 0.25) is 0 Å². The van der Waals surface area contributed by atoms with Crippen molar-refractivity contribution in [2.75, 3.05) is 0 Å². The van der Waals surface area contributed by atoms with Crippen molar-refractivity contribution in [3.8, 4) is 0 Å². The average molecular weight is 186 g/mol. The van der Waals surface area contributed by atoms with Crippen molar-refractivity contribution in [2.24, 2.45) is 17.8 Å². The van der Waals surface area contributed by atoms with Crippen LogP contribution in [0.15, 0.2) is 0 Å². The molecule has 0 fully saturated rings. The Bertz CT molecular complexity index is 154. The Balaban J connectivity index is 3.73. The third kappa shape index (κ3) is 5.67. The lowest BCUT2D eigenvalue weighted by Gasteiger charge is -2.17. The number of carboxylic acid groups (broad SMARTS) is 1. The van der Waals surface area contributed by atoms with E-state index < -0.39 is 5.97 Å². The minimum absolute atomic E-state index is 0.195. The molecule has 78 valence electrons. The zero-order valence-corrected chi connectivity index (χ0v) is 9.21. The summed E-state index contributed by atoms with van der Waals surface area (Å²) < 4.78 is 0. The third-order valence-electron chi connectivity index (χ3n) is 2.68. The lowest BCUT2D eigenvalue weighted by molar-refractivity contribution is -0.141. The van der Waals surface area contributed by atoms with Crippen LogP contribution in [0.3, 0.4) is 0 Å². The van der Waals surface area contributed by atoms with Gasteiger partial charge < -0.3 is 5.11 Å². The SMILES string of the molecule is CC[C@@H](C)C[C@H](C)C[C@H](C)C(=O)O. The van der Waals surface area contributed by atoms with Crippen LogP contribution in [0.4, 0.5) is 0 Å². The summed E-state index contributed by atoms with van der Waals surface area (Å²) in [5.41, 5.74) is 0. The lowest BCUT2D eigenvalue weighted by atomic mass is 9.89. The van der Waals surface area contributed by atoms with Crippen LogP contribution in [0.1, 0.15) is 47.0 Å². The molecular weight excluding hydrogens is 164 g/mol. The van der Waals surface area contributed by atoms with Crippen LogP contribution < -0.4 is 0 Å². The molecule has 0 aromatic carbocycles. The Labute approximate surface area is 81.3 Å². The zero-order chi connectivity index (χ0) is 10.4. The number of aliphatic carboxylic acids is 1. The van der Waals surface area contributed by atoms with E-state index in [1.165, 1.54) is 6.42 Å². The van der Waals surface area contributed by atoms with Gasteiger partial charge in [-0.2, -0.15) is 0 Å². The summed E-state index contributed by atoms with van der Waals surface area (Å²) >= 11 is 0. The second-order valence-electron chi connectivity index (χ2n) is 4.33. The van der Waals surface area contributed by atoms with Gasteiger partial charge in [0.1, 0.15) is 0 Å².